The summed E-state index contributed by atoms with van der Waals surface area (Å²) in [4.78, 5) is 21.6. The number of fused-ring (bicyclic) bond motifs is 1. The first-order valence-electron chi connectivity index (χ1n) is 12.5. The van der Waals surface area contributed by atoms with E-state index in [1.54, 1.807) is 0 Å². The molecule has 1 fully saturated rings. The van der Waals surface area contributed by atoms with E-state index in [1.807, 2.05) is 34.1 Å². The van der Waals surface area contributed by atoms with Crippen LogP contribution >= 0.6 is 15.9 Å². The lowest BCUT2D eigenvalue weighted by atomic mass is 9.95. The Labute approximate surface area is 227 Å². The van der Waals surface area contributed by atoms with Crippen molar-refractivity contribution in [3.05, 3.63) is 64.9 Å². The standard InChI is InChI=1S/C28H28BrF3N4O2/c1-17-18(2)26-24(15-23(17)29)34-27(38-26)19-3-7-21(8-4-19)33-25(37)16-35-11-13-36(14-12-35)22-9-5-20(6-10-22)28(30,31)32/h3-10,15,17,23H,11-14,16H2,1-2H3,(H,33,37). The van der Waals surface area contributed by atoms with Crippen LogP contribution < -0.4 is 21.0 Å². The zero-order valence-corrected chi connectivity index (χ0v) is 22.6. The van der Waals surface area contributed by atoms with E-state index in [4.69, 9.17) is 4.42 Å². The fraction of sp³-hybridized carbons (Fsp3) is 0.357. The van der Waals surface area contributed by atoms with Crippen molar-refractivity contribution in [3.8, 4) is 11.5 Å². The van der Waals surface area contributed by atoms with Gasteiger partial charge in [-0.3, -0.25) is 9.69 Å². The quantitative estimate of drug-likeness (QED) is 0.445. The number of rotatable bonds is 5. The number of aromatic nitrogens is 1. The number of carbonyl (C=O) groups excluding carboxylic acids is 1. The molecule has 1 aliphatic heterocycles. The van der Waals surface area contributed by atoms with Crippen LogP contribution in [0.2, 0.25) is 0 Å². The zero-order chi connectivity index (χ0) is 27.0. The van der Waals surface area contributed by atoms with Crippen LogP contribution in [0.25, 0.3) is 23.1 Å². The highest BCUT2D eigenvalue weighted by atomic mass is 79.9. The van der Waals surface area contributed by atoms with Crippen LogP contribution in [0.5, 0.6) is 0 Å². The van der Waals surface area contributed by atoms with Crippen molar-refractivity contribution in [2.24, 2.45) is 5.92 Å². The fourth-order valence-electron chi connectivity index (χ4n) is 4.72. The van der Waals surface area contributed by atoms with Gasteiger partial charge in [0.15, 0.2) is 5.42 Å². The molecular formula is C28H28BrF3N4O2. The Morgan fingerprint density at radius 3 is 2.37 bits per heavy atom. The molecule has 200 valence electrons. The van der Waals surface area contributed by atoms with Gasteiger partial charge < -0.3 is 14.6 Å². The molecule has 2 aliphatic rings. The molecule has 1 aromatic heterocycles. The summed E-state index contributed by atoms with van der Waals surface area (Å²) >= 11 is 3.68. The molecule has 2 unspecified atom stereocenters. The van der Waals surface area contributed by atoms with Gasteiger partial charge in [-0.2, -0.15) is 13.2 Å². The van der Waals surface area contributed by atoms with E-state index in [2.05, 4.69) is 46.2 Å². The Morgan fingerprint density at radius 1 is 1.08 bits per heavy atom. The van der Waals surface area contributed by atoms with E-state index in [1.165, 1.54) is 12.1 Å². The van der Waals surface area contributed by atoms with Gasteiger partial charge in [-0.1, -0.05) is 22.9 Å². The number of benzene rings is 2. The number of piperazine rings is 1. The van der Waals surface area contributed by atoms with Gasteiger partial charge in [0, 0.05) is 47.9 Å². The molecule has 3 aromatic rings. The van der Waals surface area contributed by atoms with Crippen LogP contribution in [0.3, 0.4) is 0 Å². The van der Waals surface area contributed by atoms with Gasteiger partial charge in [-0.05, 0) is 73.0 Å². The first kappa shape index (κ1) is 26.5. The Morgan fingerprint density at radius 2 is 1.74 bits per heavy atom. The molecule has 0 spiro atoms. The maximum absolute atomic E-state index is 12.8. The number of amides is 1. The second kappa shape index (κ2) is 10.6. The molecule has 38 heavy (non-hydrogen) atoms. The molecule has 2 atom stereocenters. The third kappa shape index (κ3) is 5.66. The van der Waals surface area contributed by atoms with Crippen LogP contribution in [-0.2, 0) is 11.0 Å². The predicted octanol–water partition coefficient (Wildman–Crippen LogP) is 4.49. The molecule has 0 radical (unpaired) electrons. The molecule has 2 aromatic carbocycles. The Hall–Kier alpha value is -3.11. The first-order chi connectivity index (χ1) is 18.1. The number of nitrogens with zero attached hydrogens (tertiary/aromatic N) is 3. The van der Waals surface area contributed by atoms with Gasteiger partial charge in [0.2, 0.25) is 11.8 Å². The minimum absolute atomic E-state index is 0.121. The monoisotopic (exact) mass is 588 g/mol. The van der Waals surface area contributed by atoms with Gasteiger partial charge in [0.25, 0.3) is 0 Å². The molecule has 1 N–H and O–H groups in total. The van der Waals surface area contributed by atoms with E-state index >= 15 is 0 Å². The van der Waals surface area contributed by atoms with Crippen molar-refractivity contribution in [2.75, 3.05) is 42.9 Å². The third-order valence-corrected chi connectivity index (χ3v) is 8.26. The normalized spacial score (nSPS) is 20.2. The number of anilines is 2. The lowest BCUT2D eigenvalue weighted by Crippen LogP contribution is -2.48. The zero-order valence-electron chi connectivity index (χ0n) is 21.1. The summed E-state index contributed by atoms with van der Waals surface area (Å²) in [5.74, 6) is 0.751. The van der Waals surface area contributed by atoms with E-state index in [-0.39, 0.29) is 17.3 Å². The Kier molecular flexibility index (Phi) is 7.37. The molecule has 0 saturated carbocycles. The van der Waals surface area contributed by atoms with Gasteiger partial charge in [0.05, 0.1) is 12.1 Å². The lowest BCUT2D eigenvalue weighted by molar-refractivity contribution is -0.137. The average molecular weight is 589 g/mol. The van der Waals surface area contributed by atoms with Crippen LogP contribution in [0.15, 0.2) is 52.9 Å². The maximum Gasteiger partial charge on any atom is 0.416 e. The average Bonchev–Trinajstić information content (AvgIpc) is 3.32. The van der Waals surface area contributed by atoms with E-state index in [0.29, 0.717) is 43.7 Å². The molecule has 10 heteroatoms. The topological polar surface area (TPSA) is 61.6 Å². The van der Waals surface area contributed by atoms with E-state index in [9.17, 15) is 18.0 Å². The summed E-state index contributed by atoms with van der Waals surface area (Å²) in [6.07, 6.45) is -2.27. The lowest BCUT2D eigenvalue weighted by Gasteiger charge is -2.35. The summed E-state index contributed by atoms with van der Waals surface area (Å²) < 4.78 is 44.5. The second-order valence-electron chi connectivity index (χ2n) is 9.75. The van der Waals surface area contributed by atoms with Crippen LogP contribution in [0.4, 0.5) is 24.5 Å². The van der Waals surface area contributed by atoms with Gasteiger partial charge in [0.1, 0.15) is 5.35 Å². The smallest absolute Gasteiger partial charge is 0.416 e. The molecule has 6 nitrogen and oxygen atoms in total. The molecule has 1 aliphatic carbocycles. The SMILES string of the molecule is CC1=c2oc(-c3ccc(NC(=O)CN4CCN(c5ccc(C(F)(F)F)cc5)CC4)cc3)nc2=CC(Br)C1C. The number of oxazole rings is 1. The van der Waals surface area contributed by atoms with Crippen LogP contribution in [0, 0.1) is 5.92 Å². The number of alkyl halides is 4. The minimum atomic E-state index is -4.34. The number of hydrogen-bond acceptors (Lipinski definition) is 5. The molecule has 1 amide bonds. The summed E-state index contributed by atoms with van der Waals surface area (Å²) in [7, 11) is 0. The van der Waals surface area contributed by atoms with Crippen molar-refractivity contribution in [1.82, 2.24) is 9.88 Å². The molecular weight excluding hydrogens is 561 g/mol. The fourth-order valence-corrected chi connectivity index (χ4v) is 5.36. The molecule has 1 saturated heterocycles. The number of halogens is 4. The highest BCUT2D eigenvalue weighted by Gasteiger charge is 2.30. The maximum atomic E-state index is 12.8. The highest BCUT2D eigenvalue weighted by Crippen LogP contribution is 2.31. The number of nitrogens with one attached hydrogen (secondary N) is 1. The summed E-state index contributed by atoms with van der Waals surface area (Å²) in [5, 5.41) is 3.77. The minimum Gasteiger partial charge on any atom is -0.436 e. The summed E-state index contributed by atoms with van der Waals surface area (Å²) in [6, 6.07) is 12.6. The van der Waals surface area contributed by atoms with Gasteiger partial charge in [-0.15, -0.1) is 0 Å². The number of hydrogen-bond donors (Lipinski definition) is 1. The van der Waals surface area contributed by atoms with E-state index in [0.717, 1.165) is 39.7 Å². The molecule has 5 rings (SSSR count). The Balaban J connectivity index is 1.14. The molecule has 0 bridgehead atoms. The van der Waals surface area contributed by atoms with E-state index < -0.39 is 11.7 Å². The largest absolute Gasteiger partial charge is 0.436 e. The second-order valence-corrected chi connectivity index (χ2v) is 10.8. The van der Waals surface area contributed by atoms with Crippen LogP contribution in [0.1, 0.15) is 19.4 Å². The molecule has 2 heterocycles. The van der Waals surface area contributed by atoms with Gasteiger partial charge >= 0.3 is 6.18 Å². The first-order valence-corrected chi connectivity index (χ1v) is 13.4. The highest BCUT2D eigenvalue weighted by molar-refractivity contribution is 9.09. The summed E-state index contributed by atoms with van der Waals surface area (Å²) in [6.45, 7) is 7.01. The Bertz CT molecular complexity index is 1430. The number of carbonyl (C=O) groups is 1. The van der Waals surface area contributed by atoms with Crippen LogP contribution in [-0.4, -0.2) is 53.3 Å². The van der Waals surface area contributed by atoms with Crippen molar-refractivity contribution < 1.29 is 22.4 Å². The van der Waals surface area contributed by atoms with Gasteiger partial charge in [-0.25, -0.2) is 4.98 Å². The van der Waals surface area contributed by atoms with Crippen molar-refractivity contribution in [1.29, 1.82) is 0 Å². The van der Waals surface area contributed by atoms with Crippen molar-refractivity contribution >= 4 is 44.9 Å². The predicted molar refractivity (Wildman–Crippen MR) is 145 cm³/mol. The van der Waals surface area contributed by atoms with Crippen molar-refractivity contribution in [3.63, 3.8) is 0 Å². The van der Waals surface area contributed by atoms with Crippen molar-refractivity contribution in [2.45, 2.75) is 24.9 Å². The summed E-state index contributed by atoms with van der Waals surface area (Å²) in [5.41, 5.74) is 3.59. The third-order valence-electron chi connectivity index (χ3n) is 7.20.